The van der Waals surface area contributed by atoms with Gasteiger partial charge in [-0.15, -0.1) is 0 Å². The average molecular weight is 94.1 g/mol. The molecule has 0 atom stereocenters. The van der Waals surface area contributed by atoms with Crippen LogP contribution in [0.1, 0.15) is 0 Å². The standard InChI is InChI=1S/CO2.CH4O.H2O/c2-1-3;1-2;/h;2H,1H3;1H2. The molecule has 6 heavy (non-hydrogen) atoms. The second-order valence-corrected chi connectivity index (χ2v) is 0.0833. The van der Waals surface area contributed by atoms with Crippen LogP contribution in [0, 0.1) is 0 Å². The van der Waals surface area contributed by atoms with Gasteiger partial charge in [0.1, 0.15) is 0 Å². The van der Waals surface area contributed by atoms with Crippen LogP contribution in [0.4, 0.5) is 0 Å². The largest absolute Gasteiger partial charge is 0.412 e. The quantitative estimate of drug-likeness (QED) is 0.384. The zero-order valence-electron chi connectivity index (χ0n) is 3.26. The van der Waals surface area contributed by atoms with Crippen LogP contribution in [0.3, 0.4) is 0 Å². The number of hydrogen-bond acceptors (Lipinski definition) is 3. The molecule has 0 unspecified atom stereocenters. The highest BCUT2D eigenvalue weighted by molar-refractivity contribution is 5.20. The Morgan fingerprint density at radius 2 is 1.33 bits per heavy atom. The minimum atomic E-state index is 0. The topological polar surface area (TPSA) is 85.9 Å². The first-order chi connectivity index (χ1) is 2.41. The summed E-state index contributed by atoms with van der Waals surface area (Å²) in [6, 6.07) is 0. The summed E-state index contributed by atoms with van der Waals surface area (Å²) in [5.41, 5.74) is 0. The SMILES string of the molecule is CO.O.O=C=O. The molecule has 0 heterocycles. The number of rotatable bonds is 0. The molecule has 0 rings (SSSR count). The van der Waals surface area contributed by atoms with E-state index >= 15 is 0 Å². The van der Waals surface area contributed by atoms with Gasteiger partial charge in [-0.1, -0.05) is 0 Å². The highest BCUT2D eigenvalue weighted by Crippen LogP contribution is 0.787. The monoisotopic (exact) mass is 94.0 g/mol. The maximum absolute atomic E-state index is 8.12. The molecular weight excluding hydrogens is 88.0 g/mol. The van der Waals surface area contributed by atoms with E-state index in [1.165, 1.54) is 0 Å². The summed E-state index contributed by atoms with van der Waals surface area (Å²) < 4.78 is 0. The Hall–Kier alpha value is -0.700. The van der Waals surface area contributed by atoms with E-state index in [1.54, 1.807) is 0 Å². The van der Waals surface area contributed by atoms with Gasteiger partial charge in [0, 0.05) is 7.11 Å². The van der Waals surface area contributed by atoms with E-state index in [1.807, 2.05) is 0 Å². The molecule has 38 valence electrons. The highest BCUT2D eigenvalue weighted by atomic mass is 16.2. The Kier molecular flexibility index (Phi) is 1610. The predicted octanol–water partition coefficient (Wildman–Crippen LogP) is -1.80. The van der Waals surface area contributed by atoms with Crippen molar-refractivity contribution in [3.63, 3.8) is 0 Å². The summed E-state index contributed by atoms with van der Waals surface area (Å²) >= 11 is 0. The molecule has 0 aliphatic heterocycles. The average Bonchev–Trinajstić information content (AvgIpc) is 1.46. The van der Waals surface area contributed by atoms with Gasteiger partial charge in [0.15, 0.2) is 0 Å². The number of aliphatic hydroxyl groups is 1. The van der Waals surface area contributed by atoms with Crippen molar-refractivity contribution < 1.29 is 20.2 Å². The maximum Gasteiger partial charge on any atom is 0.373 e. The smallest absolute Gasteiger partial charge is 0.373 e. The molecule has 0 fully saturated rings. The molecule has 3 N–H and O–H groups in total. The first-order valence-corrected chi connectivity index (χ1v) is 0.855. The van der Waals surface area contributed by atoms with Crippen molar-refractivity contribution in [3.8, 4) is 0 Å². The minimum absolute atomic E-state index is 0. The van der Waals surface area contributed by atoms with Crippen molar-refractivity contribution >= 4 is 6.15 Å². The summed E-state index contributed by atoms with van der Waals surface area (Å²) in [7, 11) is 1.00. The summed E-state index contributed by atoms with van der Waals surface area (Å²) in [5, 5.41) is 7.00. The van der Waals surface area contributed by atoms with Crippen molar-refractivity contribution in [1.29, 1.82) is 0 Å². The first-order valence-electron chi connectivity index (χ1n) is 0.855. The van der Waals surface area contributed by atoms with Crippen LogP contribution in [0.25, 0.3) is 0 Å². The normalized spacial score (nSPS) is 2.33. The molecule has 0 aromatic carbocycles. The zero-order valence-corrected chi connectivity index (χ0v) is 3.26. The van der Waals surface area contributed by atoms with E-state index in [0.717, 1.165) is 7.11 Å². The van der Waals surface area contributed by atoms with Gasteiger partial charge in [-0.05, 0) is 0 Å². The van der Waals surface area contributed by atoms with Crippen molar-refractivity contribution in [2.75, 3.05) is 7.11 Å². The Balaban J connectivity index is -0.0000000275. The van der Waals surface area contributed by atoms with Gasteiger partial charge in [-0.2, -0.15) is 9.59 Å². The van der Waals surface area contributed by atoms with Crippen LogP contribution in [-0.2, 0) is 9.59 Å². The van der Waals surface area contributed by atoms with E-state index in [2.05, 4.69) is 0 Å². The molecule has 0 aliphatic rings. The van der Waals surface area contributed by atoms with E-state index in [-0.39, 0.29) is 11.6 Å². The van der Waals surface area contributed by atoms with Crippen molar-refractivity contribution in [3.05, 3.63) is 0 Å². The van der Waals surface area contributed by atoms with E-state index in [0.29, 0.717) is 0 Å². The van der Waals surface area contributed by atoms with Gasteiger partial charge < -0.3 is 10.6 Å². The molecule has 0 amide bonds. The van der Waals surface area contributed by atoms with Crippen LogP contribution in [0.2, 0.25) is 0 Å². The fraction of sp³-hybridized carbons (Fsp3) is 0.500. The van der Waals surface area contributed by atoms with E-state index in [9.17, 15) is 0 Å². The number of carbonyl (C=O) groups excluding carboxylic acids is 2. The van der Waals surface area contributed by atoms with E-state index in [4.69, 9.17) is 14.7 Å². The van der Waals surface area contributed by atoms with Crippen LogP contribution in [0.15, 0.2) is 0 Å². The molecule has 0 aromatic rings. The van der Waals surface area contributed by atoms with Crippen LogP contribution in [0.5, 0.6) is 0 Å². The Morgan fingerprint density at radius 3 is 1.33 bits per heavy atom. The molecule has 0 radical (unpaired) electrons. The molecule has 0 aliphatic carbocycles. The van der Waals surface area contributed by atoms with Gasteiger partial charge in [0.2, 0.25) is 0 Å². The molecule has 4 heteroatoms. The molecule has 0 aromatic heterocycles. The predicted molar refractivity (Wildman–Crippen MR) is 16.8 cm³/mol. The van der Waals surface area contributed by atoms with Crippen LogP contribution in [-0.4, -0.2) is 23.8 Å². The zero-order chi connectivity index (χ0) is 4.71. The maximum atomic E-state index is 8.12. The van der Waals surface area contributed by atoms with Gasteiger partial charge in [0.05, 0.1) is 0 Å². The minimum Gasteiger partial charge on any atom is -0.412 e. The molecule has 0 saturated carbocycles. The van der Waals surface area contributed by atoms with Gasteiger partial charge in [0.25, 0.3) is 0 Å². The third-order valence-corrected chi connectivity index (χ3v) is 0. The highest BCUT2D eigenvalue weighted by Gasteiger charge is 1.13. The van der Waals surface area contributed by atoms with E-state index < -0.39 is 0 Å². The lowest BCUT2D eigenvalue weighted by Crippen LogP contribution is -1.25. The number of hydrogen-bond donors (Lipinski definition) is 1. The molecule has 0 saturated heterocycles. The second kappa shape index (κ2) is 520. The summed E-state index contributed by atoms with van der Waals surface area (Å²) in [4.78, 5) is 16.2. The van der Waals surface area contributed by atoms with Gasteiger partial charge in [-0.3, -0.25) is 0 Å². The van der Waals surface area contributed by atoms with Gasteiger partial charge >= 0.3 is 6.15 Å². The lowest BCUT2D eigenvalue weighted by Gasteiger charge is -1.21. The lowest BCUT2D eigenvalue weighted by atomic mass is 11.8. The van der Waals surface area contributed by atoms with Gasteiger partial charge in [-0.25, -0.2) is 0 Å². The van der Waals surface area contributed by atoms with Crippen LogP contribution >= 0.6 is 0 Å². The summed E-state index contributed by atoms with van der Waals surface area (Å²) in [6.07, 6.45) is 0.250. The Bertz CT molecular complexity index is 26.5. The third kappa shape index (κ3) is 35.6. The Morgan fingerprint density at radius 1 is 1.33 bits per heavy atom. The van der Waals surface area contributed by atoms with Crippen molar-refractivity contribution in [2.24, 2.45) is 0 Å². The second-order valence-electron chi connectivity index (χ2n) is 0.0833. The fourth-order valence-corrected chi connectivity index (χ4v) is 0. The van der Waals surface area contributed by atoms with Crippen LogP contribution < -0.4 is 0 Å². The number of aliphatic hydroxyl groups excluding tert-OH is 1. The molecule has 0 spiro atoms. The summed E-state index contributed by atoms with van der Waals surface area (Å²) in [5.74, 6) is 0. The van der Waals surface area contributed by atoms with Crippen molar-refractivity contribution in [2.45, 2.75) is 0 Å². The third-order valence-electron chi connectivity index (χ3n) is 0. The first kappa shape index (κ1) is 18.5. The molecular formula is C2H6O4. The molecule has 4 nitrogen and oxygen atoms in total. The lowest BCUT2D eigenvalue weighted by molar-refractivity contribution is -0.191. The Labute approximate surface area is 34.7 Å². The molecule has 0 bridgehead atoms. The summed E-state index contributed by atoms with van der Waals surface area (Å²) in [6.45, 7) is 0. The van der Waals surface area contributed by atoms with Crippen molar-refractivity contribution in [1.82, 2.24) is 0 Å². The fourth-order valence-electron chi connectivity index (χ4n) is 0.